The summed E-state index contributed by atoms with van der Waals surface area (Å²) < 4.78 is 5.36. The Hall–Kier alpha value is -2.38. The molecule has 2 amide bonds. The second-order valence-corrected chi connectivity index (χ2v) is 8.36. The first-order valence-electron chi connectivity index (χ1n) is 10.3. The molecule has 0 fully saturated rings. The number of carbonyl (C=O) groups is 2. The van der Waals surface area contributed by atoms with E-state index in [0.29, 0.717) is 28.5 Å². The van der Waals surface area contributed by atoms with Crippen molar-refractivity contribution in [3.8, 4) is 5.75 Å². The molecule has 4 N–H and O–H groups in total. The summed E-state index contributed by atoms with van der Waals surface area (Å²) in [4.78, 5) is 26.9. The maximum absolute atomic E-state index is 13.3. The summed E-state index contributed by atoms with van der Waals surface area (Å²) in [5.41, 5.74) is 2.33. The van der Waals surface area contributed by atoms with Gasteiger partial charge >= 0.3 is 0 Å². The summed E-state index contributed by atoms with van der Waals surface area (Å²) >= 11 is 1.55. The van der Waals surface area contributed by atoms with Crippen LogP contribution in [-0.4, -0.2) is 32.0 Å². The zero-order valence-electron chi connectivity index (χ0n) is 17.2. The summed E-state index contributed by atoms with van der Waals surface area (Å²) in [6.07, 6.45) is 6.22. The molecule has 0 radical (unpaired) electrons. The molecule has 1 heterocycles. The third-order valence-electron chi connectivity index (χ3n) is 5.08. The fourth-order valence-corrected chi connectivity index (χ4v) is 4.92. The van der Waals surface area contributed by atoms with E-state index in [1.807, 2.05) is 29.6 Å². The van der Waals surface area contributed by atoms with Gasteiger partial charge in [0, 0.05) is 4.88 Å². The highest BCUT2D eigenvalue weighted by Crippen LogP contribution is 2.38. The molecule has 0 atom stereocenters. The van der Waals surface area contributed by atoms with E-state index in [1.54, 1.807) is 18.4 Å². The number of quaternary nitrogens is 1. The van der Waals surface area contributed by atoms with Crippen LogP contribution < -0.4 is 20.7 Å². The predicted octanol–water partition coefficient (Wildman–Crippen LogP) is 3.19. The van der Waals surface area contributed by atoms with E-state index >= 15 is 0 Å². The predicted molar refractivity (Wildman–Crippen MR) is 117 cm³/mol. The molecule has 1 aliphatic rings. The molecule has 3 rings (SSSR count). The van der Waals surface area contributed by atoms with Crippen LogP contribution in [-0.2, 0) is 17.6 Å². The van der Waals surface area contributed by atoms with Gasteiger partial charge in [-0.1, -0.05) is 25.5 Å². The maximum atomic E-state index is 13.3. The van der Waals surface area contributed by atoms with Gasteiger partial charge < -0.3 is 20.7 Å². The van der Waals surface area contributed by atoms with Crippen LogP contribution in [0.25, 0.3) is 0 Å². The number of fused-ring (bicyclic) bond motifs is 1. The van der Waals surface area contributed by atoms with E-state index in [0.717, 1.165) is 44.2 Å². The van der Waals surface area contributed by atoms with Gasteiger partial charge in [-0.25, -0.2) is 0 Å². The number of hydrogen-bond acceptors (Lipinski definition) is 4. The second-order valence-electron chi connectivity index (χ2n) is 7.25. The molecule has 0 spiro atoms. The van der Waals surface area contributed by atoms with E-state index in [2.05, 4.69) is 17.6 Å². The summed E-state index contributed by atoms with van der Waals surface area (Å²) in [5.74, 6) is 0.352. The van der Waals surface area contributed by atoms with E-state index < -0.39 is 0 Å². The molecule has 1 aromatic carbocycles. The van der Waals surface area contributed by atoms with Gasteiger partial charge in [0.2, 0.25) is 0 Å². The van der Waals surface area contributed by atoms with Gasteiger partial charge in [-0.15, -0.1) is 11.3 Å². The van der Waals surface area contributed by atoms with Crippen LogP contribution in [0.5, 0.6) is 5.75 Å². The van der Waals surface area contributed by atoms with Crippen molar-refractivity contribution in [3.05, 3.63) is 40.3 Å². The molecule has 0 unspecified atom stereocenters. The van der Waals surface area contributed by atoms with E-state index in [1.165, 1.54) is 11.3 Å². The van der Waals surface area contributed by atoms with Gasteiger partial charge in [0.15, 0.2) is 6.54 Å². The van der Waals surface area contributed by atoms with Gasteiger partial charge in [0.05, 0.1) is 24.9 Å². The molecule has 6 nitrogen and oxygen atoms in total. The minimum atomic E-state index is -0.193. The van der Waals surface area contributed by atoms with Crippen LogP contribution in [0.3, 0.4) is 0 Å². The van der Waals surface area contributed by atoms with Gasteiger partial charge in [0.1, 0.15) is 10.8 Å². The Morgan fingerprint density at radius 2 is 1.93 bits per heavy atom. The number of carbonyl (C=O) groups excluding carboxylic acids is 2. The Bertz CT molecular complexity index is 863. The van der Waals surface area contributed by atoms with Crippen molar-refractivity contribution in [2.24, 2.45) is 0 Å². The largest absolute Gasteiger partial charge is 0.495 e. The van der Waals surface area contributed by atoms with E-state index in [9.17, 15) is 9.59 Å². The molecule has 156 valence electrons. The molecular formula is C22H30N3O3S+. The summed E-state index contributed by atoms with van der Waals surface area (Å²) in [6.45, 7) is 3.37. The number of hydrogen-bond donors (Lipinski definition) is 3. The lowest BCUT2D eigenvalue weighted by Crippen LogP contribution is -2.86. The number of benzene rings is 1. The summed E-state index contributed by atoms with van der Waals surface area (Å²) in [5, 5.41) is 8.64. The Labute approximate surface area is 176 Å². The van der Waals surface area contributed by atoms with Crippen molar-refractivity contribution >= 4 is 33.8 Å². The Morgan fingerprint density at radius 3 is 2.72 bits per heavy atom. The number of nitrogens with one attached hydrogen (secondary N) is 2. The molecule has 0 saturated carbocycles. The number of ether oxygens (including phenoxy) is 1. The minimum Gasteiger partial charge on any atom is -0.495 e. The molecule has 1 aliphatic carbocycles. The molecule has 0 aliphatic heterocycles. The van der Waals surface area contributed by atoms with Crippen LogP contribution in [0.4, 0.5) is 10.7 Å². The fourth-order valence-electron chi connectivity index (χ4n) is 3.62. The van der Waals surface area contributed by atoms with Crippen molar-refractivity contribution < 1.29 is 19.6 Å². The van der Waals surface area contributed by atoms with Crippen molar-refractivity contribution in [2.45, 2.75) is 45.4 Å². The topological polar surface area (TPSA) is 84.0 Å². The van der Waals surface area contributed by atoms with Crippen molar-refractivity contribution in [2.75, 3.05) is 30.8 Å². The number of nitrogens with two attached hydrogens (primary N) is 1. The number of aryl methyl sites for hydroxylation is 1. The van der Waals surface area contributed by atoms with Crippen molar-refractivity contribution in [1.82, 2.24) is 0 Å². The monoisotopic (exact) mass is 416 g/mol. The zero-order chi connectivity index (χ0) is 20.6. The van der Waals surface area contributed by atoms with Gasteiger partial charge in [-0.3, -0.25) is 9.59 Å². The third kappa shape index (κ3) is 5.36. The zero-order valence-corrected chi connectivity index (χ0v) is 18.0. The fraction of sp³-hybridized carbons (Fsp3) is 0.455. The second kappa shape index (κ2) is 10.4. The molecule has 29 heavy (non-hydrogen) atoms. The number of thiophene rings is 1. The third-order valence-corrected chi connectivity index (χ3v) is 6.29. The van der Waals surface area contributed by atoms with Crippen LogP contribution in [0.1, 0.15) is 53.4 Å². The van der Waals surface area contributed by atoms with E-state index in [4.69, 9.17) is 4.74 Å². The van der Waals surface area contributed by atoms with Crippen molar-refractivity contribution in [3.63, 3.8) is 0 Å². The highest BCUT2D eigenvalue weighted by atomic mass is 32.1. The molecule has 2 aromatic rings. The van der Waals surface area contributed by atoms with Crippen LogP contribution in [0.2, 0.25) is 0 Å². The lowest BCUT2D eigenvalue weighted by atomic mass is 10.0. The molecule has 0 saturated heterocycles. The highest BCUT2D eigenvalue weighted by Gasteiger charge is 2.26. The van der Waals surface area contributed by atoms with Crippen LogP contribution >= 0.6 is 11.3 Å². The molecule has 0 bridgehead atoms. The number of para-hydroxylation sites is 2. The molecule has 7 heteroatoms. The smallest absolute Gasteiger partial charge is 0.280 e. The lowest BCUT2D eigenvalue weighted by Gasteiger charge is -2.12. The first-order chi connectivity index (χ1) is 14.1. The van der Waals surface area contributed by atoms with Gasteiger partial charge in [-0.05, 0) is 49.8 Å². The Morgan fingerprint density at radius 1 is 1.14 bits per heavy atom. The SMILES string of the molecule is CCC[NH2+]CC(=O)Nc1sc2c(c1C(=O)Nc1ccccc1OC)CCCCC2. The van der Waals surface area contributed by atoms with Crippen LogP contribution in [0.15, 0.2) is 24.3 Å². The maximum Gasteiger partial charge on any atom is 0.280 e. The molecule has 1 aromatic heterocycles. The highest BCUT2D eigenvalue weighted by molar-refractivity contribution is 7.17. The number of methoxy groups -OCH3 is 1. The number of rotatable bonds is 8. The number of amides is 2. The first kappa shape index (κ1) is 21.3. The van der Waals surface area contributed by atoms with E-state index in [-0.39, 0.29) is 11.8 Å². The normalized spacial score (nSPS) is 13.3. The molecular weight excluding hydrogens is 386 g/mol. The summed E-state index contributed by atoms with van der Waals surface area (Å²) in [7, 11) is 1.58. The first-order valence-corrected chi connectivity index (χ1v) is 11.2. The Balaban J connectivity index is 1.87. The quantitative estimate of drug-likeness (QED) is 0.456. The van der Waals surface area contributed by atoms with Gasteiger partial charge in [0.25, 0.3) is 11.8 Å². The van der Waals surface area contributed by atoms with Crippen LogP contribution in [0, 0.1) is 0 Å². The lowest BCUT2D eigenvalue weighted by molar-refractivity contribution is -0.643. The minimum absolute atomic E-state index is 0.0683. The summed E-state index contributed by atoms with van der Waals surface area (Å²) in [6, 6.07) is 7.36. The van der Waals surface area contributed by atoms with Crippen molar-refractivity contribution in [1.29, 1.82) is 0 Å². The van der Waals surface area contributed by atoms with Gasteiger partial charge in [-0.2, -0.15) is 0 Å². The average Bonchev–Trinajstić information content (AvgIpc) is 2.89. The average molecular weight is 417 g/mol. The number of anilines is 2. The standard InChI is InChI=1S/C22H29N3O3S/c1-3-13-23-14-19(26)25-22-20(15-9-5-4-6-12-18(15)29-22)21(27)24-16-10-7-8-11-17(16)28-2/h7-8,10-11,23H,3-6,9,12-14H2,1-2H3,(H,24,27)(H,25,26)/p+1. The Kier molecular flexibility index (Phi) is 7.66.